The molecule has 10 heteroatoms. The van der Waals surface area contributed by atoms with E-state index in [0.717, 1.165) is 52.9 Å². The van der Waals surface area contributed by atoms with Gasteiger partial charge in [0.25, 0.3) is 0 Å². The minimum Gasteiger partial charge on any atom is -0.338 e. The SMILES string of the molecule is C#Cc1[nH]nc2ccc(N(CC)C(=O)C3CCN(CC(=O)N4CC=C(c5ccc(-c6ncn[nH]6)cc5)CC4)C3)cc12. The summed E-state index contributed by atoms with van der Waals surface area (Å²) in [6.07, 6.45) is 10.8. The third-order valence-corrected chi connectivity index (χ3v) is 8.06. The summed E-state index contributed by atoms with van der Waals surface area (Å²) in [7, 11) is 0. The van der Waals surface area contributed by atoms with Gasteiger partial charge in [0.1, 0.15) is 12.0 Å². The zero-order valence-corrected chi connectivity index (χ0v) is 23.0. The van der Waals surface area contributed by atoms with Crippen molar-refractivity contribution in [1.29, 1.82) is 0 Å². The Bertz CT molecular complexity index is 1630. The van der Waals surface area contributed by atoms with Crippen molar-refractivity contribution in [2.24, 2.45) is 5.92 Å². The molecule has 41 heavy (non-hydrogen) atoms. The Morgan fingerprint density at radius 2 is 1.95 bits per heavy atom. The fraction of sp³-hybridized carbons (Fsp3) is 0.323. The number of carbonyl (C=O) groups is 2. The number of benzene rings is 2. The molecular formula is C31H32N8O2. The lowest BCUT2D eigenvalue weighted by atomic mass is 9.98. The van der Waals surface area contributed by atoms with Crippen molar-refractivity contribution in [3.05, 3.63) is 66.1 Å². The topological polar surface area (TPSA) is 114 Å². The lowest BCUT2D eigenvalue weighted by Crippen LogP contribution is -2.42. The molecule has 2 aromatic carbocycles. The maximum atomic E-state index is 13.5. The third kappa shape index (κ3) is 5.36. The second-order valence-corrected chi connectivity index (χ2v) is 10.5. The highest BCUT2D eigenvalue weighted by atomic mass is 16.2. The fourth-order valence-electron chi connectivity index (χ4n) is 5.78. The number of anilines is 1. The predicted molar refractivity (Wildman–Crippen MR) is 158 cm³/mol. The van der Waals surface area contributed by atoms with E-state index in [9.17, 15) is 9.59 Å². The van der Waals surface area contributed by atoms with Crippen LogP contribution in [-0.4, -0.2) is 86.3 Å². The summed E-state index contributed by atoms with van der Waals surface area (Å²) >= 11 is 0. The monoisotopic (exact) mass is 548 g/mol. The summed E-state index contributed by atoms with van der Waals surface area (Å²) in [5.74, 6) is 3.39. The largest absolute Gasteiger partial charge is 0.338 e. The number of aromatic amines is 2. The first-order valence-electron chi connectivity index (χ1n) is 14.0. The van der Waals surface area contributed by atoms with Crippen molar-refractivity contribution in [3.8, 4) is 23.7 Å². The van der Waals surface area contributed by atoms with Crippen LogP contribution in [0.15, 0.2) is 54.9 Å². The molecule has 2 aliphatic heterocycles. The number of likely N-dealkylation sites (tertiary alicyclic amines) is 1. The lowest BCUT2D eigenvalue weighted by Gasteiger charge is -2.29. The molecule has 4 aromatic rings. The molecule has 2 aromatic heterocycles. The summed E-state index contributed by atoms with van der Waals surface area (Å²) < 4.78 is 0. The molecule has 1 fully saturated rings. The Morgan fingerprint density at radius 1 is 1.12 bits per heavy atom. The second kappa shape index (κ2) is 11.4. The number of terminal acetylenes is 1. The van der Waals surface area contributed by atoms with Crippen LogP contribution >= 0.6 is 0 Å². The first kappa shape index (κ1) is 26.5. The van der Waals surface area contributed by atoms with E-state index >= 15 is 0 Å². The molecule has 0 saturated carbocycles. The first-order valence-corrected chi connectivity index (χ1v) is 14.0. The van der Waals surface area contributed by atoms with Gasteiger partial charge in [-0.15, -0.1) is 6.42 Å². The van der Waals surface area contributed by atoms with Crippen molar-refractivity contribution in [1.82, 2.24) is 35.2 Å². The summed E-state index contributed by atoms with van der Waals surface area (Å²) in [6.45, 7) is 5.44. The predicted octanol–water partition coefficient (Wildman–Crippen LogP) is 3.32. The number of nitrogens with one attached hydrogen (secondary N) is 2. The zero-order valence-electron chi connectivity index (χ0n) is 23.0. The van der Waals surface area contributed by atoms with Crippen LogP contribution in [0.5, 0.6) is 0 Å². The van der Waals surface area contributed by atoms with E-state index in [0.29, 0.717) is 38.4 Å². The van der Waals surface area contributed by atoms with Gasteiger partial charge in [-0.2, -0.15) is 10.2 Å². The van der Waals surface area contributed by atoms with Gasteiger partial charge in [0, 0.05) is 42.8 Å². The number of nitrogens with zero attached hydrogens (tertiary/aromatic N) is 6. The Morgan fingerprint density at radius 3 is 2.66 bits per heavy atom. The van der Waals surface area contributed by atoms with Gasteiger partial charge in [-0.3, -0.25) is 24.7 Å². The number of hydrogen-bond donors (Lipinski definition) is 2. The molecule has 6 rings (SSSR count). The van der Waals surface area contributed by atoms with Crippen LogP contribution < -0.4 is 4.90 Å². The Labute approximate surface area is 238 Å². The van der Waals surface area contributed by atoms with E-state index in [1.54, 1.807) is 4.90 Å². The maximum Gasteiger partial charge on any atom is 0.237 e. The Balaban J connectivity index is 1.04. The Hall–Kier alpha value is -4.75. The number of H-pyrrole nitrogens is 2. The van der Waals surface area contributed by atoms with Gasteiger partial charge in [-0.1, -0.05) is 36.3 Å². The molecule has 2 amide bonds. The van der Waals surface area contributed by atoms with Crippen LogP contribution in [0, 0.1) is 18.3 Å². The smallest absolute Gasteiger partial charge is 0.237 e. The van der Waals surface area contributed by atoms with E-state index in [1.807, 2.05) is 42.2 Å². The average molecular weight is 549 g/mol. The van der Waals surface area contributed by atoms with Crippen LogP contribution in [0.3, 0.4) is 0 Å². The molecule has 0 spiro atoms. The van der Waals surface area contributed by atoms with Crippen LogP contribution in [-0.2, 0) is 9.59 Å². The number of rotatable bonds is 7. The van der Waals surface area contributed by atoms with Gasteiger partial charge in [0.05, 0.1) is 18.0 Å². The summed E-state index contributed by atoms with van der Waals surface area (Å²) in [6, 6.07) is 13.9. The number of aromatic nitrogens is 5. The van der Waals surface area contributed by atoms with Crippen molar-refractivity contribution >= 4 is 34.0 Å². The van der Waals surface area contributed by atoms with E-state index in [1.165, 1.54) is 11.9 Å². The number of amides is 2. The molecule has 208 valence electrons. The molecule has 4 heterocycles. The highest BCUT2D eigenvalue weighted by Gasteiger charge is 2.33. The lowest BCUT2D eigenvalue weighted by molar-refractivity contribution is -0.132. The molecule has 2 aliphatic rings. The standard InChI is InChI=1S/C31H32N8O2/c1-3-27-26-17-25(9-10-28(26)35-34-27)39(4-2)31(41)24-11-14-37(18-24)19-29(40)38-15-12-22(13-16-38)21-5-7-23(8-6-21)30-32-20-33-36-30/h1,5-10,12,17,20,24H,4,11,13-16,18-19H2,2H3,(H,34,35)(H,32,33,36). The van der Waals surface area contributed by atoms with Gasteiger partial charge >= 0.3 is 0 Å². The van der Waals surface area contributed by atoms with Crippen molar-refractivity contribution in [2.45, 2.75) is 19.8 Å². The van der Waals surface area contributed by atoms with E-state index < -0.39 is 0 Å². The van der Waals surface area contributed by atoms with E-state index in [-0.39, 0.29) is 17.7 Å². The molecule has 1 saturated heterocycles. The Kier molecular flexibility index (Phi) is 7.35. The third-order valence-electron chi connectivity index (χ3n) is 8.06. The highest BCUT2D eigenvalue weighted by molar-refractivity contribution is 5.98. The first-order chi connectivity index (χ1) is 20.0. The average Bonchev–Trinajstić information content (AvgIpc) is 3.79. The molecule has 1 unspecified atom stereocenters. The van der Waals surface area contributed by atoms with Crippen LogP contribution in [0.1, 0.15) is 31.0 Å². The molecule has 0 bridgehead atoms. The highest BCUT2D eigenvalue weighted by Crippen LogP contribution is 2.28. The van der Waals surface area contributed by atoms with Crippen LogP contribution in [0.2, 0.25) is 0 Å². The molecule has 2 N–H and O–H groups in total. The molecular weight excluding hydrogens is 516 g/mol. The maximum absolute atomic E-state index is 13.5. The van der Waals surface area contributed by atoms with Gasteiger partial charge in [0.2, 0.25) is 11.8 Å². The van der Waals surface area contributed by atoms with Crippen LogP contribution in [0.25, 0.3) is 27.9 Å². The van der Waals surface area contributed by atoms with E-state index in [2.05, 4.69) is 54.4 Å². The van der Waals surface area contributed by atoms with Gasteiger partial charge in [-0.25, -0.2) is 4.98 Å². The van der Waals surface area contributed by atoms with E-state index in [4.69, 9.17) is 6.42 Å². The van der Waals surface area contributed by atoms with Crippen molar-refractivity contribution in [2.75, 3.05) is 44.2 Å². The number of hydrogen-bond acceptors (Lipinski definition) is 6. The molecule has 0 radical (unpaired) electrons. The van der Waals surface area contributed by atoms with Crippen molar-refractivity contribution < 1.29 is 9.59 Å². The molecule has 0 aliphatic carbocycles. The summed E-state index contributed by atoms with van der Waals surface area (Å²) in [5, 5.41) is 14.7. The van der Waals surface area contributed by atoms with Crippen molar-refractivity contribution in [3.63, 3.8) is 0 Å². The zero-order chi connectivity index (χ0) is 28.3. The van der Waals surface area contributed by atoms with Gasteiger partial charge in [-0.05, 0) is 55.6 Å². The second-order valence-electron chi connectivity index (χ2n) is 10.5. The van der Waals surface area contributed by atoms with Gasteiger partial charge < -0.3 is 9.80 Å². The van der Waals surface area contributed by atoms with Crippen LogP contribution in [0.4, 0.5) is 5.69 Å². The number of fused-ring (bicyclic) bond motifs is 1. The fourth-order valence-corrected chi connectivity index (χ4v) is 5.78. The molecule has 10 nitrogen and oxygen atoms in total. The molecule has 1 atom stereocenters. The summed E-state index contributed by atoms with van der Waals surface area (Å²) in [4.78, 5) is 36.7. The van der Waals surface area contributed by atoms with Gasteiger partial charge in [0.15, 0.2) is 5.82 Å². The minimum atomic E-state index is -0.150. The summed E-state index contributed by atoms with van der Waals surface area (Å²) in [5.41, 5.74) is 5.58. The number of carbonyl (C=O) groups excluding carboxylic acids is 2. The minimum absolute atomic E-state index is 0.0763. The quantitative estimate of drug-likeness (QED) is 0.343. The normalized spacial score (nSPS) is 17.4.